The molecule has 74 heavy (non-hydrogen) atoms. The average Bonchev–Trinajstić information content (AvgIpc) is 4.22. The summed E-state index contributed by atoms with van der Waals surface area (Å²) in [6.45, 7) is 12.1. The Hall–Kier alpha value is -6.24. The minimum absolute atomic E-state index is 0.0511. The summed E-state index contributed by atoms with van der Waals surface area (Å²) in [5.74, 6) is 3.54. The molecule has 18 heteroatoms. The highest BCUT2D eigenvalue weighted by Crippen LogP contribution is 2.44. The molecule has 3 aromatic carbocycles. The van der Waals surface area contributed by atoms with Crippen LogP contribution in [0.3, 0.4) is 0 Å². The Morgan fingerprint density at radius 2 is 0.757 bits per heavy atom. The lowest BCUT2D eigenvalue weighted by Crippen LogP contribution is -2.25. The van der Waals surface area contributed by atoms with E-state index in [4.69, 9.17) is 28.4 Å². The van der Waals surface area contributed by atoms with Crippen LogP contribution in [0, 0.1) is 0 Å². The van der Waals surface area contributed by atoms with Crippen LogP contribution in [0.15, 0.2) is 54.6 Å². The van der Waals surface area contributed by atoms with Crippen LogP contribution in [0.4, 0.5) is 15.4 Å². The number of thiazole rings is 3. The van der Waals surface area contributed by atoms with Crippen LogP contribution >= 0.6 is 34.0 Å². The third-order valence-electron chi connectivity index (χ3n) is 13.3. The number of nitrogens with zero attached hydrogens (tertiary/aromatic N) is 3. The molecule has 0 unspecified atom stereocenters. The predicted octanol–water partition coefficient (Wildman–Crippen LogP) is 10.9. The Morgan fingerprint density at radius 3 is 1.08 bits per heavy atom. The van der Waals surface area contributed by atoms with Gasteiger partial charge in [0.25, 0.3) is 17.7 Å². The van der Waals surface area contributed by atoms with Gasteiger partial charge in [-0.05, 0) is 130 Å². The van der Waals surface area contributed by atoms with Crippen LogP contribution < -0.4 is 44.4 Å². The van der Waals surface area contributed by atoms with Gasteiger partial charge in [0.15, 0.2) is 69.7 Å². The Labute approximate surface area is 444 Å². The van der Waals surface area contributed by atoms with E-state index in [1.165, 1.54) is 46.7 Å². The van der Waals surface area contributed by atoms with Gasteiger partial charge < -0.3 is 28.4 Å². The Bertz CT molecular complexity index is 2860. The molecule has 0 fully saturated rings. The predicted molar refractivity (Wildman–Crippen MR) is 289 cm³/mol. The maximum absolute atomic E-state index is 12.2. The molecule has 12 rings (SSSR count). The summed E-state index contributed by atoms with van der Waals surface area (Å²) >= 11 is 4.73. The second-order valence-electron chi connectivity index (χ2n) is 21.3. The molecule has 390 valence electrons. The molecule has 0 saturated heterocycles. The van der Waals surface area contributed by atoms with Crippen molar-refractivity contribution in [1.29, 1.82) is 0 Å². The molecule has 0 radical (unpaired) electrons. The highest BCUT2D eigenvalue weighted by atomic mass is 32.1. The molecule has 3 aliphatic heterocycles. The number of benzene rings is 3. The van der Waals surface area contributed by atoms with Crippen LogP contribution in [-0.4, -0.2) is 69.3 Å². The largest absolute Gasteiger partial charge is 0.483 e. The van der Waals surface area contributed by atoms with Gasteiger partial charge >= 0.3 is 0 Å². The number of amides is 3. The fourth-order valence-corrected chi connectivity index (χ4v) is 13.3. The first kappa shape index (κ1) is 51.3. The Morgan fingerprint density at radius 1 is 0.459 bits per heavy atom. The van der Waals surface area contributed by atoms with Gasteiger partial charge in [0.05, 0.1) is 17.1 Å². The van der Waals surface area contributed by atoms with Crippen LogP contribution in [0.25, 0.3) is 0 Å². The number of carbonyl (C=O) groups is 3. The molecule has 0 bridgehead atoms. The van der Waals surface area contributed by atoms with Crippen molar-refractivity contribution in [3.05, 3.63) is 103 Å². The highest BCUT2D eigenvalue weighted by molar-refractivity contribution is 7.16. The molecule has 15 nitrogen and oxygen atoms in total. The lowest BCUT2D eigenvalue weighted by Gasteiger charge is -2.18. The third kappa shape index (κ3) is 12.5. The number of anilines is 3. The number of hydrogen-bond donors (Lipinski definition) is 3. The van der Waals surface area contributed by atoms with Gasteiger partial charge in [0.1, 0.15) is 16.8 Å². The molecule has 0 saturated carbocycles. The number of aromatic nitrogens is 3. The lowest BCUT2D eigenvalue weighted by atomic mass is 10.0. The first-order valence-corrected chi connectivity index (χ1v) is 28.1. The van der Waals surface area contributed by atoms with Crippen molar-refractivity contribution in [2.75, 3.05) is 35.8 Å². The highest BCUT2D eigenvalue weighted by Gasteiger charge is 2.35. The van der Waals surface area contributed by atoms with Crippen molar-refractivity contribution in [2.24, 2.45) is 0 Å². The topological polar surface area (TPSA) is 181 Å². The summed E-state index contributed by atoms with van der Waals surface area (Å²) in [4.78, 5) is 54.0. The number of carbonyl (C=O) groups excluding carboxylic acids is 3. The number of fused-ring (bicyclic) bond motifs is 6. The maximum Gasteiger partial charge on any atom is 0.264 e. The normalized spacial score (nSPS) is 17.3. The van der Waals surface area contributed by atoms with Crippen molar-refractivity contribution < 1.29 is 42.8 Å². The van der Waals surface area contributed by atoms with Gasteiger partial charge in [-0.25, -0.2) is 15.0 Å². The second kappa shape index (κ2) is 21.5. The first-order chi connectivity index (χ1) is 35.5. The van der Waals surface area contributed by atoms with Crippen molar-refractivity contribution in [3.8, 4) is 34.5 Å². The summed E-state index contributed by atoms with van der Waals surface area (Å²) in [6.07, 6.45) is 14.7. The molecule has 6 heterocycles. The standard InChI is InChI=1S/2C19H22N2O3S.C18H20N2O3S/c2*1-19(2)10-12-6-5-8-14(17(12)24-19)23-11-16(22)21-18-20-13-7-3-4-9-15(13)25-18;1-18(2)9-11-5-3-7-13(16(11)23-18)22-10-15(21)20-17-19-12-6-4-8-14(12)24-17/h2*5-6,8H,3-4,7,9-11H2,1-2H3,(H,20,21,22);3,5,7H,4,6,8-10H2,1-2H3,(H,19,20,21). The van der Waals surface area contributed by atoms with Gasteiger partial charge in [-0.2, -0.15) is 0 Å². The molecule has 6 aliphatic rings. The number of aryl methyl sites for hydroxylation is 6. The fourth-order valence-electron chi connectivity index (χ4n) is 10.1. The zero-order valence-corrected chi connectivity index (χ0v) is 45.4. The third-order valence-corrected chi connectivity index (χ3v) is 16.5. The van der Waals surface area contributed by atoms with Crippen LogP contribution in [-0.2, 0) is 72.2 Å². The van der Waals surface area contributed by atoms with Gasteiger partial charge in [-0.1, -0.05) is 36.4 Å². The zero-order chi connectivity index (χ0) is 51.6. The monoisotopic (exact) mass is 1060 g/mol. The summed E-state index contributed by atoms with van der Waals surface area (Å²) in [5.41, 5.74) is 6.08. The summed E-state index contributed by atoms with van der Waals surface area (Å²) < 4.78 is 35.0. The average molecular weight is 1060 g/mol. The quantitative estimate of drug-likeness (QED) is 0.106. The summed E-state index contributed by atoms with van der Waals surface area (Å²) in [7, 11) is 0. The Balaban J connectivity index is 0.000000127. The van der Waals surface area contributed by atoms with E-state index in [0.717, 1.165) is 109 Å². The minimum Gasteiger partial charge on any atom is -0.483 e. The molecule has 3 N–H and O–H groups in total. The van der Waals surface area contributed by atoms with Crippen molar-refractivity contribution in [1.82, 2.24) is 15.0 Å². The van der Waals surface area contributed by atoms with E-state index < -0.39 is 0 Å². The molecular formula is C56H64N6O9S3. The SMILES string of the molecule is CC1(C)Cc2cccc(OCC(=O)Nc3nc4c(s3)CCC4)c2O1.CC1(C)Cc2cccc(OCC(=O)Nc3nc4c(s3)CCCC4)c2O1.CC1(C)Cc2cccc(OCC(=O)Nc3nc4c(s3)CCCC4)c2O1. The number of nitrogens with one attached hydrogen (secondary N) is 3. The number of para-hydroxylation sites is 3. The molecule has 0 spiro atoms. The molecule has 3 amide bonds. The smallest absolute Gasteiger partial charge is 0.264 e. The van der Waals surface area contributed by atoms with E-state index in [2.05, 4.69) is 30.9 Å². The lowest BCUT2D eigenvalue weighted by molar-refractivity contribution is -0.118. The van der Waals surface area contributed by atoms with E-state index in [1.807, 2.05) is 96.1 Å². The summed E-state index contributed by atoms with van der Waals surface area (Å²) in [5, 5.41) is 10.6. The van der Waals surface area contributed by atoms with Gasteiger partial charge in [0.2, 0.25) is 0 Å². The van der Waals surface area contributed by atoms with Gasteiger partial charge in [-0.3, -0.25) is 30.3 Å². The minimum atomic E-state index is -0.232. The molecule has 3 aromatic heterocycles. The second-order valence-corrected chi connectivity index (χ2v) is 24.5. The molecular weight excluding hydrogens is 997 g/mol. The van der Waals surface area contributed by atoms with E-state index in [-0.39, 0.29) is 54.3 Å². The van der Waals surface area contributed by atoms with Crippen LogP contribution in [0.2, 0.25) is 0 Å². The van der Waals surface area contributed by atoms with Crippen molar-refractivity contribution >= 4 is 67.1 Å². The van der Waals surface area contributed by atoms with E-state index in [1.54, 1.807) is 34.0 Å². The molecule has 0 atom stereocenters. The van der Waals surface area contributed by atoms with E-state index >= 15 is 0 Å². The summed E-state index contributed by atoms with van der Waals surface area (Å²) in [6, 6.07) is 17.4. The number of rotatable bonds is 12. The van der Waals surface area contributed by atoms with Crippen LogP contribution in [0.1, 0.15) is 122 Å². The fraction of sp³-hybridized carbons (Fsp3) is 0.464. The van der Waals surface area contributed by atoms with Crippen LogP contribution in [0.5, 0.6) is 34.5 Å². The maximum atomic E-state index is 12.2. The zero-order valence-electron chi connectivity index (χ0n) is 43.0. The number of hydrogen-bond acceptors (Lipinski definition) is 15. The Kier molecular flexibility index (Phi) is 14.9. The first-order valence-electron chi connectivity index (χ1n) is 25.7. The van der Waals surface area contributed by atoms with Crippen molar-refractivity contribution in [3.63, 3.8) is 0 Å². The molecule has 3 aliphatic carbocycles. The van der Waals surface area contributed by atoms with Gasteiger partial charge in [-0.15, -0.1) is 34.0 Å². The molecule has 6 aromatic rings. The van der Waals surface area contributed by atoms with E-state index in [0.29, 0.717) is 32.6 Å². The van der Waals surface area contributed by atoms with E-state index in [9.17, 15) is 14.4 Å². The van der Waals surface area contributed by atoms with Crippen molar-refractivity contribution in [2.45, 2.75) is 148 Å². The van der Waals surface area contributed by atoms with Gasteiger partial charge in [0, 0.05) is 50.6 Å². The number of ether oxygens (including phenoxy) is 6.